The van der Waals surface area contributed by atoms with Gasteiger partial charge in [0.05, 0.1) is 0 Å². The third-order valence-corrected chi connectivity index (χ3v) is 3.12. The summed E-state index contributed by atoms with van der Waals surface area (Å²) in [6.07, 6.45) is 3.04. The van der Waals surface area contributed by atoms with Crippen LogP contribution in [-0.2, 0) is 0 Å². The second-order valence-corrected chi connectivity index (χ2v) is 4.51. The van der Waals surface area contributed by atoms with E-state index in [0.717, 1.165) is 23.4 Å². The molecule has 1 aromatic rings. The predicted octanol–water partition coefficient (Wildman–Crippen LogP) is 1.64. The Balaban J connectivity index is 2.09. The van der Waals surface area contributed by atoms with Crippen molar-refractivity contribution >= 4 is 21.7 Å². The average Bonchev–Trinajstić information content (AvgIpc) is 2.71. The number of rotatable bonds is 2. The molecule has 1 fully saturated rings. The monoisotopic (exact) mass is 255 g/mol. The van der Waals surface area contributed by atoms with Gasteiger partial charge in [0.15, 0.2) is 0 Å². The normalized spacial score (nSPS) is 21.1. The van der Waals surface area contributed by atoms with E-state index in [1.54, 1.807) is 0 Å². The zero-order valence-corrected chi connectivity index (χ0v) is 9.79. The van der Waals surface area contributed by atoms with E-state index in [4.69, 9.17) is 0 Å². The highest BCUT2D eigenvalue weighted by molar-refractivity contribution is 9.10. The first-order valence-electron chi connectivity index (χ1n) is 4.82. The summed E-state index contributed by atoms with van der Waals surface area (Å²) in [4.78, 5) is 6.62. The molecule has 2 heterocycles. The highest BCUT2D eigenvalue weighted by atomic mass is 79.9. The highest BCUT2D eigenvalue weighted by Crippen LogP contribution is 2.17. The minimum absolute atomic E-state index is 0.587. The van der Waals surface area contributed by atoms with Crippen LogP contribution in [0.2, 0.25) is 0 Å². The quantitative estimate of drug-likeness (QED) is 0.871. The minimum Gasteiger partial charge on any atom is -0.355 e. The molecule has 1 aromatic heterocycles. The third kappa shape index (κ3) is 2.07. The van der Waals surface area contributed by atoms with E-state index in [-0.39, 0.29) is 0 Å². The van der Waals surface area contributed by atoms with Gasteiger partial charge in [-0.05, 0) is 41.0 Å². The predicted molar refractivity (Wildman–Crippen MR) is 61.6 cm³/mol. The van der Waals surface area contributed by atoms with Gasteiger partial charge in [-0.15, -0.1) is 0 Å². The molecule has 0 aromatic carbocycles. The Labute approximate surface area is 92.6 Å². The molecule has 3 nitrogen and oxygen atoms in total. The molecule has 0 amide bonds. The van der Waals surface area contributed by atoms with E-state index < -0.39 is 0 Å². The number of aromatic nitrogens is 1. The first-order valence-corrected chi connectivity index (χ1v) is 5.62. The first-order chi connectivity index (χ1) is 6.77. The number of halogens is 1. The Hall–Kier alpha value is -0.610. The van der Waals surface area contributed by atoms with Crippen molar-refractivity contribution < 1.29 is 0 Å². The van der Waals surface area contributed by atoms with Crippen LogP contribution in [0.5, 0.6) is 0 Å². The van der Waals surface area contributed by atoms with E-state index >= 15 is 0 Å². The summed E-state index contributed by atoms with van der Waals surface area (Å²) < 4.78 is 1.03. The van der Waals surface area contributed by atoms with Crippen LogP contribution in [0.4, 0.5) is 5.82 Å². The van der Waals surface area contributed by atoms with Crippen LogP contribution in [-0.4, -0.2) is 31.2 Å². The molecule has 1 saturated heterocycles. The Bertz CT molecular complexity index is 293. The molecule has 4 heteroatoms. The fourth-order valence-electron chi connectivity index (χ4n) is 1.73. The second-order valence-electron chi connectivity index (χ2n) is 3.59. The summed E-state index contributed by atoms with van der Waals surface area (Å²) in [5.41, 5.74) is 0. The number of likely N-dealkylation sites (N-methyl/N-ethyl adjacent to an activating group) is 1. The fraction of sp³-hybridized carbons (Fsp3) is 0.500. The number of anilines is 1. The van der Waals surface area contributed by atoms with E-state index in [2.05, 4.69) is 38.2 Å². The maximum atomic E-state index is 4.37. The lowest BCUT2D eigenvalue weighted by atomic mass is 10.2. The molecule has 2 rings (SSSR count). The van der Waals surface area contributed by atoms with Crippen LogP contribution < -0.4 is 10.2 Å². The van der Waals surface area contributed by atoms with Crippen molar-refractivity contribution in [2.24, 2.45) is 0 Å². The zero-order chi connectivity index (χ0) is 9.97. The summed E-state index contributed by atoms with van der Waals surface area (Å²) in [6, 6.07) is 4.66. The van der Waals surface area contributed by atoms with Crippen molar-refractivity contribution in [3.05, 3.63) is 22.8 Å². The molecule has 0 spiro atoms. The molecule has 0 radical (unpaired) electrons. The van der Waals surface area contributed by atoms with Gasteiger partial charge in [-0.25, -0.2) is 4.98 Å². The van der Waals surface area contributed by atoms with Crippen LogP contribution in [0, 0.1) is 0 Å². The zero-order valence-electron chi connectivity index (χ0n) is 8.20. The van der Waals surface area contributed by atoms with Gasteiger partial charge >= 0.3 is 0 Å². The molecular formula is C10H14BrN3. The molecule has 0 bridgehead atoms. The lowest BCUT2D eigenvalue weighted by Gasteiger charge is -2.24. The van der Waals surface area contributed by atoms with Crippen LogP contribution in [0.3, 0.4) is 0 Å². The largest absolute Gasteiger partial charge is 0.355 e. The molecule has 1 aliphatic rings. The van der Waals surface area contributed by atoms with E-state index in [9.17, 15) is 0 Å². The SMILES string of the molecule is CN(c1ccc(Br)cn1)C1CCNC1. The fourth-order valence-corrected chi connectivity index (χ4v) is 1.97. The molecule has 1 N–H and O–H groups in total. The van der Waals surface area contributed by atoms with Crippen molar-refractivity contribution in [1.82, 2.24) is 10.3 Å². The van der Waals surface area contributed by atoms with Crippen LogP contribution in [0.25, 0.3) is 0 Å². The lowest BCUT2D eigenvalue weighted by Crippen LogP contribution is -2.33. The Morgan fingerprint density at radius 3 is 3.00 bits per heavy atom. The smallest absolute Gasteiger partial charge is 0.128 e. The van der Waals surface area contributed by atoms with Gasteiger partial charge in [-0.1, -0.05) is 0 Å². The van der Waals surface area contributed by atoms with Gasteiger partial charge in [-0.2, -0.15) is 0 Å². The molecular weight excluding hydrogens is 242 g/mol. The summed E-state index contributed by atoms with van der Waals surface area (Å²) in [7, 11) is 2.11. The molecule has 1 atom stereocenters. The molecule has 0 aliphatic carbocycles. The Morgan fingerprint density at radius 2 is 2.43 bits per heavy atom. The van der Waals surface area contributed by atoms with Gasteiger partial charge < -0.3 is 10.2 Å². The van der Waals surface area contributed by atoms with Crippen molar-refractivity contribution in [2.75, 3.05) is 25.0 Å². The van der Waals surface area contributed by atoms with Crippen molar-refractivity contribution in [1.29, 1.82) is 0 Å². The number of nitrogens with one attached hydrogen (secondary N) is 1. The Kier molecular flexibility index (Phi) is 3.03. The maximum Gasteiger partial charge on any atom is 0.128 e. The lowest BCUT2D eigenvalue weighted by molar-refractivity contribution is 0.678. The number of hydrogen-bond acceptors (Lipinski definition) is 3. The van der Waals surface area contributed by atoms with Crippen molar-refractivity contribution in [3.8, 4) is 0 Å². The van der Waals surface area contributed by atoms with Gasteiger partial charge in [0.2, 0.25) is 0 Å². The van der Waals surface area contributed by atoms with E-state index in [1.165, 1.54) is 6.42 Å². The summed E-state index contributed by atoms with van der Waals surface area (Å²) >= 11 is 3.38. The van der Waals surface area contributed by atoms with Gasteiger partial charge in [-0.3, -0.25) is 0 Å². The van der Waals surface area contributed by atoms with Crippen LogP contribution in [0.15, 0.2) is 22.8 Å². The number of nitrogens with zero attached hydrogens (tertiary/aromatic N) is 2. The molecule has 0 saturated carbocycles. The topological polar surface area (TPSA) is 28.2 Å². The maximum absolute atomic E-state index is 4.37. The van der Waals surface area contributed by atoms with Crippen LogP contribution in [0.1, 0.15) is 6.42 Å². The average molecular weight is 256 g/mol. The van der Waals surface area contributed by atoms with Crippen LogP contribution >= 0.6 is 15.9 Å². The summed E-state index contributed by atoms with van der Waals surface area (Å²) in [5.74, 6) is 1.04. The van der Waals surface area contributed by atoms with Gasteiger partial charge in [0.25, 0.3) is 0 Å². The molecule has 1 unspecified atom stereocenters. The molecule has 14 heavy (non-hydrogen) atoms. The minimum atomic E-state index is 0.587. The highest BCUT2D eigenvalue weighted by Gasteiger charge is 2.19. The van der Waals surface area contributed by atoms with Crippen molar-refractivity contribution in [2.45, 2.75) is 12.5 Å². The van der Waals surface area contributed by atoms with E-state index in [1.807, 2.05) is 18.3 Å². The standard InChI is InChI=1S/C10H14BrN3/c1-14(9-4-5-12-7-9)10-3-2-8(11)6-13-10/h2-3,6,9,12H,4-5,7H2,1H3. The number of hydrogen-bond donors (Lipinski definition) is 1. The van der Waals surface area contributed by atoms with Gasteiger partial charge in [0.1, 0.15) is 5.82 Å². The first kappa shape index (κ1) is 9.93. The van der Waals surface area contributed by atoms with E-state index in [0.29, 0.717) is 6.04 Å². The number of pyridine rings is 1. The van der Waals surface area contributed by atoms with Gasteiger partial charge in [0, 0.05) is 30.3 Å². The third-order valence-electron chi connectivity index (χ3n) is 2.66. The second kappa shape index (κ2) is 4.28. The Morgan fingerprint density at radius 1 is 1.57 bits per heavy atom. The summed E-state index contributed by atoms with van der Waals surface area (Å²) in [6.45, 7) is 2.18. The molecule has 1 aliphatic heterocycles. The molecule has 76 valence electrons. The van der Waals surface area contributed by atoms with Crippen molar-refractivity contribution in [3.63, 3.8) is 0 Å². The summed E-state index contributed by atoms with van der Waals surface area (Å²) in [5, 5.41) is 3.36.